The molecular formula is C13H12N2. The van der Waals surface area contributed by atoms with Crippen LogP contribution in [0.5, 0.6) is 0 Å². The number of aromatic nitrogens is 1. The Balaban J connectivity index is 2.34. The normalized spacial score (nSPS) is 23.7. The Hall–Kier alpha value is -1.88. The number of pyridine rings is 1. The van der Waals surface area contributed by atoms with Gasteiger partial charge in [-0.3, -0.25) is 0 Å². The molecule has 2 rings (SSSR count). The minimum Gasteiger partial charge on any atom is -0.245 e. The van der Waals surface area contributed by atoms with E-state index in [9.17, 15) is 0 Å². The summed E-state index contributed by atoms with van der Waals surface area (Å²) < 4.78 is 0. The zero-order valence-electron chi connectivity index (χ0n) is 8.64. The largest absolute Gasteiger partial charge is 0.245 e. The lowest BCUT2D eigenvalue weighted by atomic mass is 9.78. The molecule has 0 N–H and O–H groups in total. The van der Waals surface area contributed by atoms with E-state index in [1.807, 2.05) is 12.1 Å². The number of hydrogen-bond acceptors (Lipinski definition) is 2. The first-order valence-electron chi connectivity index (χ1n) is 4.96. The molecule has 0 spiro atoms. The molecule has 15 heavy (non-hydrogen) atoms. The van der Waals surface area contributed by atoms with Gasteiger partial charge in [0.15, 0.2) is 0 Å². The van der Waals surface area contributed by atoms with Crippen molar-refractivity contribution in [2.75, 3.05) is 0 Å². The molecule has 0 saturated carbocycles. The second-order valence-corrected chi connectivity index (χ2v) is 3.95. The van der Waals surface area contributed by atoms with Gasteiger partial charge in [-0.25, -0.2) is 4.98 Å². The monoisotopic (exact) mass is 196 g/mol. The minimum absolute atomic E-state index is 0.0235. The average Bonchev–Trinajstić information content (AvgIpc) is 2.30. The second kappa shape index (κ2) is 3.70. The van der Waals surface area contributed by atoms with Crippen LogP contribution in [0.25, 0.3) is 0 Å². The summed E-state index contributed by atoms with van der Waals surface area (Å²) in [6, 6.07) is 5.78. The third kappa shape index (κ3) is 1.82. The van der Waals surface area contributed by atoms with Crippen molar-refractivity contribution in [2.45, 2.75) is 18.8 Å². The number of allylic oxidation sites excluding steroid dienone is 4. The van der Waals surface area contributed by atoms with E-state index >= 15 is 0 Å². The Labute approximate surface area is 89.6 Å². The van der Waals surface area contributed by atoms with E-state index in [1.54, 1.807) is 12.3 Å². The van der Waals surface area contributed by atoms with Crippen LogP contribution in [0.4, 0.5) is 0 Å². The Morgan fingerprint density at radius 1 is 1.40 bits per heavy atom. The fraction of sp³-hybridized carbons (Fsp3) is 0.231. The molecule has 2 nitrogen and oxygen atoms in total. The van der Waals surface area contributed by atoms with Gasteiger partial charge in [-0.05, 0) is 18.1 Å². The van der Waals surface area contributed by atoms with Crippen LogP contribution < -0.4 is 0 Å². The van der Waals surface area contributed by atoms with Gasteiger partial charge in [0, 0.05) is 11.6 Å². The third-order valence-corrected chi connectivity index (χ3v) is 2.79. The SMILES string of the molecule is CC1(c2ccc(C#N)nc2)C=CC=CC1. The van der Waals surface area contributed by atoms with Crippen molar-refractivity contribution in [2.24, 2.45) is 0 Å². The van der Waals surface area contributed by atoms with Gasteiger partial charge in [-0.2, -0.15) is 5.26 Å². The third-order valence-electron chi connectivity index (χ3n) is 2.79. The maximum absolute atomic E-state index is 8.67. The Morgan fingerprint density at radius 2 is 2.27 bits per heavy atom. The van der Waals surface area contributed by atoms with Crippen molar-refractivity contribution in [3.8, 4) is 6.07 Å². The fourth-order valence-corrected chi connectivity index (χ4v) is 1.74. The van der Waals surface area contributed by atoms with Gasteiger partial charge in [-0.1, -0.05) is 37.3 Å². The summed E-state index contributed by atoms with van der Waals surface area (Å²) in [5.41, 5.74) is 1.65. The van der Waals surface area contributed by atoms with E-state index in [-0.39, 0.29) is 5.41 Å². The van der Waals surface area contributed by atoms with Crippen molar-refractivity contribution in [1.82, 2.24) is 4.98 Å². The Kier molecular flexibility index (Phi) is 2.39. The molecule has 0 amide bonds. The predicted molar refractivity (Wildman–Crippen MR) is 59.2 cm³/mol. The molecule has 1 aromatic rings. The topological polar surface area (TPSA) is 36.7 Å². The molecule has 0 aliphatic heterocycles. The van der Waals surface area contributed by atoms with E-state index < -0.39 is 0 Å². The van der Waals surface area contributed by atoms with Crippen molar-refractivity contribution in [3.63, 3.8) is 0 Å². The van der Waals surface area contributed by atoms with Gasteiger partial charge in [0.25, 0.3) is 0 Å². The number of nitriles is 1. The Bertz CT molecular complexity index is 448. The molecule has 1 unspecified atom stereocenters. The minimum atomic E-state index is 0.0235. The molecule has 1 aliphatic rings. The lowest BCUT2D eigenvalue weighted by molar-refractivity contribution is 0.597. The maximum Gasteiger partial charge on any atom is 0.140 e. The molecule has 2 heteroatoms. The van der Waals surface area contributed by atoms with Crippen LogP contribution >= 0.6 is 0 Å². The van der Waals surface area contributed by atoms with Crippen molar-refractivity contribution in [3.05, 3.63) is 53.9 Å². The molecule has 0 bridgehead atoms. The predicted octanol–water partition coefficient (Wildman–Crippen LogP) is 2.73. The zero-order chi connectivity index (χ0) is 10.7. The number of hydrogen-bond donors (Lipinski definition) is 0. The number of nitrogens with zero attached hydrogens (tertiary/aromatic N) is 2. The van der Waals surface area contributed by atoms with Crippen LogP contribution in [0, 0.1) is 11.3 Å². The molecule has 74 valence electrons. The van der Waals surface area contributed by atoms with Crippen LogP contribution in [0.2, 0.25) is 0 Å². The standard InChI is InChI=1S/C13H12N2/c1-13(7-3-2-4-8-13)11-5-6-12(9-14)15-10-11/h2-7,10H,8H2,1H3. The summed E-state index contributed by atoms with van der Waals surface area (Å²) in [6.07, 6.45) is 11.2. The highest BCUT2D eigenvalue weighted by Crippen LogP contribution is 2.31. The van der Waals surface area contributed by atoms with Crippen molar-refractivity contribution in [1.29, 1.82) is 5.26 Å². The second-order valence-electron chi connectivity index (χ2n) is 3.95. The van der Waals surface area contributed by atoms with Gasteiger partial charge in [0.05, 0.1) is 0 Å². The highest BCUT2D eigenvalue weighted by molar-refractivity contribution is 5.35. The molecule has 1 atom stereocenters. The molecule has 0 fully saturated rings. The van der Waals surface area contributed by atoms with E-state index in [0.717, 1.165) is 12.0 Å². The zero-order valence-corrected chi connectivity index (χ0v) is 8.64. The molecule has 1 heterocycles. The molecule has 1 aromatic heterocycles. The fourth-order valence-electron chi connectivity index (χ4n) is 1.74. The van der Waals surface area contributed by atoms with Crippen LogP contribution in [0.1, 0.15) is 24.6 Å². The molecule has 0 radical (unpaired) electrons. The van der Waals surface area contributed by atoms with E-state index in [1.165, 1.54) is 0 Å². The van der Waals surface area contributed by atoms with Crippen LogP contribution in [0.3, 0.4) is 0 Å². The molecule has 1 aliphatic carbocycles. The molecule has 0 saturated heterocycles. The lowest BCUT2D eigenvalue weighted by Gasteiger charge is -2.26. The highest BCUT2D eigenvalue weighted by Gasteiger charge is 2.23. The first-order chi connectivity index (χ1) is 7.24. The summed E-state index contributed by atoms with van der Waals surface area (Å²) in [5, 5.41) is 8.67. The summed E-state index contributed by atoms with van der Waals surface area (Å²) in [4.78, 5) is 4.10. The van der Waals surface area contributed by atoms with E-state index in [0.29, 0.717) is 5.69 Å². The van der Waals surface area contributed by atoms with E-state index in [2.05, 4.69) is 36.2 Å². The highest BCUT2D eigenvalue weighted by atomic mass is 14.7. The summed E-state index contributed by atoms with van der Waals surface area (Å²) in [7, 11) is 0. The van der Waals surface area contributed by atoms with E-state index in [4.69, 9.17) is 5.26 Å². The van der Waals surface area contributed by atoms with Crippen LogP contribution in [-0.2, 0) is 5.41 Å². The van der Waals surface area contributed by atoms with Crippen molar-refractivity contribution >= 4 is 0 Å². The molecular weight excluding hydrogens is 184 g/mol. The maximum atomic E-state index is 8.67. The first-order valence-corrected chi connectivity index (χ1v) is 4.96. The van der Waals surface area contributed by atoms with Gasteiger partial charge in [0.2, 0.25) is 0 Å². The van der Waals surface area contributed by atoms with Gasteiger partial charge in [0.1, 0.15) is 11.8 Å². The average molecular weight is 196 g/mol. The quantitative estimate of drug-likeness (QED) is 0.692. The van der Waals surface area contributed by atoms with Crippen LogP contribution in [0.15, 0.2) is 42.6 Å². The smallest absolute Gasteiger partial charge is 0.140 e. The van der Waals surface area contributed by atoms with Gasteiger partial charge in [-0.15, -0.1) is 0 Å². The summed E-state index contributed by atoms with van der Waals surface area (Å²) >= 11 is 0. The Morgan fingerprint density at radius 3 is 2.80 bits per heavy atom. The molecule has 0 aromatic carbocycles. The number of rotatable bonds is 1. The van der Waals surface area contributed by atoms with Crippen LogP contribution in [-0.4, -0.2) is 4.98 Å². The van der Waals surface area contributed by atoms with Gasteiger partial charge >= 0.3 is 0 Å². The lowest BCUT2D eigenvalue weighted by Crippen LogP contribution is -2.19. The summed E-state index contributed by atoms with van der Waals surface area (Å²) in [6.45, 7) is 2.18. The van der Waals surface area contributed by atoms with Gasteiger partial charge < -0.3 is 0 Å². The van der Waals surface area contributed by atoms with Crippen molar-refractivity contribution < 1.29 is 0 Å². The summed E-state index contributed by atoms with van der Waals surface area (Å²) in [5.74, 6) is 0. The first kappa shape index (κ1) is 9.67.